The van der Waals surface area contributed by atoms with Crippen LogP contribution < -0.4 is 10.1 Å². The standard InChI is InChI=1S/C16H23N3O/c1-11(14-8-6-7-9-16(14)20-5)17-12(2)15-10-19(4)18-13(15)3/h6-12,17H,1-5H3/t11-,12?/m1/s1. The van der Waals surface area contributed by atoms with Gasteiger partial charge in [0.1, 0.15) is 5.75 Å². The molecule has 0 fully saturated rings. The highest BCUT2D eigenvalue weighted by Crippen LogP contribution is 2.27. The van der Waals surface area contributed by atoms with E-state index in [4.69, 9.17) is 4.74 Å². The second-order valence-electron chi connectivity index (χ2n) is 5.20. The summed E-state index contributed by atoms with van der Waals surface area (Å²) < 4.78 is 7.28. The van der Waals surface area contributed by atoms with E-state index >= 15 is 0 Å². The van der Waals surface area contributed by atoms with Crippen LogP contribution in [0.3, 0.4) is 0 Å². The molecule has 108 valence electrons. The quantitative estimate of drug-likeness (QED) is 0.909. The van der Waals surface area contributed by atoms with Crippen molar-refractivity contribution in [2.24, 2.45) is 7.05 Å². The van der Waals surface area contributed by atoms with Gasteiger partial charge in [-0.15, -0.1) is 0 Å². The molecule has 20 heavy (non-hydrogen) atoms. The predicted molar refractivity (Wildman–Crippen MR) is 80.9 cm³/mol. The van der Waals surface area contributed by atoms with Crippen LogP contribution in [-0.2, 0) is 7.05 Å². The molecule has 1 heterocycles. The number of para-hydroxylation sites is 1. The summed E-state index contributed by atoms with van der Waals surface area (Å²) in [6.07, 6.45) is 2.07. The SMILES string of the molecule is COc1ccccc1[C@@H](C)NC(C)c1cn(C)nc1C. The molecule has 2 rings (SSSR count). The molecule has 0 amide bonds. The third kappa shape index (κ3) is 3.02. The summed E-state index contributed by atoms with van der Waals surface area (Å²) in [6.45, 7) is 6.36. The molecule has 1 aromatic heterocycles. The lowest BCUT2D eigenvalue weighted by Crippen LogP contribution is -2.23. The summed E-state index contributed by atoms with van der Waals surface area (Å²) in [4.78, 5) is 0. The largest absolute Gasteiger partial charge is 0.496 e. The second-order valence-corrected chi connectivity index (χ2v) is 5.20. The fourth-order valence-corrected chi connectivity index (χ4v) is 2.62. The molecule has 0 radical (unpaired) electrons. The lowest BCUT2D eigenvalue weighted by molar-refractivity contribution is 0.396. The predicted octanol–water partition coefficient (Wildman–Crippen LogP) is 3.15. The Balaban J connectivity index is 2.15. The Morgan fingerprint density at radius 2 is 1.80 bits per heavy atom. The number of hydrogen-bond acceptors (Lipinski definition) is 3. The molecule has 0 spiro atoms. The molecule has 1 aromatic carbocycles. The summed E-state index contributed by atoms with van der Waals surface area (Å²) in [5.74, 6) is 0.919. The molecule has 0 aliphatic heterocycles. The van der Waals surface area contributed by atoms with Crippen molar-refractivity contribution in [2.45, 2.75) is 32.9 Å². The van der Waals surface area contributed by atoms with Gasteiger partial charge in [-0.2, -0.15) is 5.10 Å². The molecule has 1 N–H and O–H groups in total. The lowest BCUT2D eigenvalue weighted by atomic mass is 10.0. The minimum atomic E-state index is 0.209. The Morgan fingerprint density at radius 1 is 1.15 bits per heavy atom. The van der Waals surface area contributed by atoms with Crippen LogP contribution in [0.5, 0.6) is 5.75 Å². The van der Waals surface area contributed by atoms with Gasteiger partial charge in [-0.05, 0) is 26.8 Å². The molecule has 1 unspecified atom stereocenters. The molecule has 0 bridgehead atoms. The van der Waals surface area contributed by atoms with Crippen LogP contribution in [0.4, 0.5) is 0 Å². The van der Waals surface area contributed by atoms with Crippen molar-refractivity contribution >= 4 is 0 Å². The molecule has 2 aromatic rings. The second kappa shape index (κ2) is 6.09. The zero-order valence-corrected chi connectivity index (χ0v) is 12.8. The van der Waals surface area contributed by atoms with E-state index in [1.807, 2.05) is 36.9 Å². The highest BCUT2D eigenvalue weighted by Gasteiger charge is 2.17. The van der Waals surface area contributed by atoms with Gasteiger partial charge in [0.05, 0.1) is 12.8 Å². The van der Waals surface area contributed by atoms with E-state index in [-0.39, 0.29) is 12.1 Å². The zero-order chi connectivity index (χ0) is 14.7. The van der Waals surface area contributed by atoms with Crippen LogP contribution in [0.2, 0.25) is 0 Å². The van der Waals surface area contributed by atoms with Crippen molar-refractivity contribution in [1.82, 2.24) is 15.1 Å². The van der Waals surface area contributed by atoms with Gasteiger partial charge in [0, 0.05) is 36.5 Å². The van der Waals surface area contributed by atoms with Crippen molar-refractivity contribution in [1.29, 1.82) is 0 Å². The Hall–Kier alpha value is -1.81. The number of rotatable bonds is 5. The average molecular weight is 273 g/mol. The number of benzene rings is 1. The van der Waals surface area contributed by atoms with E-state index in [2.05, 4.69) is 36.5 Å². The number of ether oxygens (including phenoxy) is 1. The van der Waals surface area contributed by atoms with Crippen LogP contribution in [-0.4, -0.2) is 16.9 Å². The lowest BCUT2D eigenvalue weighted by Gasteiger charge is -2.21. The first-order valence-electron chi connectivity index (χ1n) is 6.92. The molecule has 4 nitrogen and oxygen atoms in total. The highest BCUT2D eigenvalue weighted by atomic mass is 16.5. The fourth-order valence-electron chi connectivity index (χ4n) is 2.62. The number of methoxy groups -OCH3 is 1. The van der Waals surface area contributed by atoms with E-state index in [1.165, 1.54) is 11.1 Å². The van der Waals surface area contributed by atoms with E-state index < -0.39 is 0 Å². The fraction of sp³-hybridized carbons (Fsp3) is 0.438. The number of nitrogens with zero attached hydrogens (tertiary/aromatic N) is 2. The van der Waals surface area contributed by atoms with Crippen molar-refractivity contribution in [3.05, 3.63) is 47.3 Å². The summed E-state index contributed by atoms with van der Waals surface area (Å²) in [5, 5.41) is 8.01. The number of aromatic nitrogens is 2. The van der Waals surface area contributed by atoms with E-state index in [9.17, 15) is 0 Å². The van der Waals surface area contributed by atoms with Crippen molar-refractivity contribution in [2.75, 3.05) is 7.11 Å². The summed E-state index contributed by atoms with van der Waals surface area (Å²) in [5.41, 5.74) is 3.47. The smallest absolute Gasteiger partial charge is 0.123 e. The Labute approximate surface area is 120 Å². The van der Waals surface area contributed by atoms with Gasteiger partial charge in [0.15, 0.2) is 0 Å². The molecular formula is C16H23N3O. The van der Waals surface area contributed by atoms with E-state index in [0.717, 1.165) is 11.4 Å². The minimum Gasteiger partial charge on any atom is -0.496 e. The molecule has 0 saturated carbocycles. The van der Waals surface area contributed by atoms with Crippen LogP contribution in [0, 0.1) is 6.92 Å². The number of aryl methyl sites for hydroxylation is 2. The molecule has 0 aliphatic carbocycles. The van der Waals surface area contributed by atoms with E-state index in [1.54, 1.807) is 7.11 Å². The van der Waals surface area contributed by atoms with Gasteiger partial charge < -0.3 is 10.1 Å². The summed E-state index contributed by atoms with van der Waals surface area (Å²) in [7, 11) is 3.66. The summed E-state index contributed by atoms with van der Waals surface area (Å²) >= 11 is 0. The topological polar surface area (TPSA) is 39.1 Å². The summed E-state index contributed by atoms with van der Waals surface area (Å²) in [6, 6.07) is 8.57. The van der Waals surface area contributed by atoms with E-state index in [0.29, 0.717) is 0 Å². The Kier molecular flexibility index (Phi) is 4.45. The first-order valence-corrected chi connectivity index (χ1v) is 6.92. The van der Waals surface area contributed by atoms with Gasteiger partial charge in [-0.3, -0.25) is 4.68 Å². The van der Waals surface area contributed by atoms with Gasteiger partial charge >= 0.3 is 0 Å². The maximum Gasteiger partial charge on any atom is 0.123 e. The van der Waals surface area contributed by atoms with Crippen molar-refractivity contribution in [3.63, 3.8) is 0 Å². The normalized spacial score (nSPS) is 14.1. The highest BCUT2D eigenvalue weighted by molar-refractivity contribution is 5.35. The van der Waals surface area contributed by atoms with Crippen LogP contribution in [0.25, 0.3) is 0 Å². The Bertz CT molecular complexity index is 577. The first kappa shape index (κ1) is 14.6. The van der Waals surface area contributed by atoms with Gasteiger partial charge in [0.2, 0.25) is 0 Å². The first-order chi connectivity index (χ1) is 9.52. The van der Waals surface area contributed by atoms with Crippen LogP contribution in [0.1, 0.15) is 42.8 Å². The molecule has 2 atom stereocenters. The molecule has 0 saturated heterocycles. The molecule has 0 aliphatic rings. The van der Waals surface area contributed by atoms with Crippen molar-refractivity contribution < 1.29 is 4.74 Å². The van der Waals surface area contributed by atoms with Crippen LogP contribution in [0.15, 0.2) is 30.5 Å². The third-order valence-corrected chi connectivity index (χ3v) is 3.62. The Morgan fingerprint density at radius 3 is 2.40 bits per heavy atom. The average Bonchev–Trinajstić information content (AvgIpc) is 2.77. The zero-order valence-electron chi connectivity index (χ0n) is 12.8. The number of nitrogens with one attached hydrogen (secondary N) is 1. The monoisotopic (exact) mass is 273 g/mol. The van der Waals surface area contributed by atoms with Gasteiger partial charge in [-0.25, -0.2) is 0 Å². The van der Waals surface area contributed by atoms with Gasteiger partial charge in [0.25, 0.3) is 0 Å². The molecular weight excluding hydrogens is 250 g/mol. The number of hydrogen-bond donors (Lipinski definition) is 1. The third-order valence-electron chi connectivity index (χ3n) is 3.62. The molecule has 4 heteroatoms. The minimum absolute atomic E-state index is 0.209. The van der Waals surface area contributed by atoms with Crippen molar-refractivity contribution in [3.8, 4) is 5.75 Å². The van der Waals surface area contributed by atoms with Crippen LogP contribution >= 0.6 is 0 Å². The van der Waals surface area contributed by atoms with Gasteiger partial charge in [-0.1, -0.05) is 18.2 Å². The maximum absolute atomic E-state index is 5.43. The maximum atomic E-state index is 5.43.